The van der Waals surface area contributed by atoms with Crippen LogP contribution in [0.3, 0.4) is 0 Å². The van der Waals surface area contributed by atoms with E-state index >= 15 is 0 Å². The van der Waals surface area contributed by atoms with E-state index in [9.17, 15) is 0 Å². The van der Waals surface area contributed by atoms with Crippen LogP contribution in [-0.2, 0) is 9.47 Å². The highest BCUT2D eigenvalue weighted by atomic mass is 127. The van der Waals surface area contributed by atoms with Gasteiger partial charge in [0.2, 0.25) is 0 Å². The van der Waals surface area contributed by atoms with Gasteiger partial charge in [0.1, 0.15) is 0 Å². The summed E-state index contributed by atoms with van der Waals surface area (Å²) in [6.07, 6.45) is 7.92. The quantitative estimate of drug-likeness (QED) is 0.407. The van der Waals surface area contributed by atoms with Gasteiger partial charge in [0, 0.05) is 11.0 Å². The molecule has 0 heterocycles. The Kier molecular flexibility index (Phi) is 4.70. The van der Waals surface area contributed by atoms with E-state index in [0.29, 0.717) is 0 Å². The molecule has 2 saturated carbocycles. The first-order valence-electron chi connectivity index (χ1n) is 6.12. The zero-order valence-corrected chi connectivity index (χ0v) is 11.5. The Morgan fingerprint density at radius 1 is 1.13 bits per heavy atom. The van der Waals surface area contributed by atoms with Crippen molar-refractivity contribution in [1.82, 2.24) is 0 Å². The van der Waals surface area contributed by atoms with Gasteiger partial charge in [-0.25, -0.2) is 0 Å². The van der Waals surface area contributed by atoms with Crippen LogP contribution >= 0.6 is 22.6 Å². The van der Waals surface area contributed by atoms with Crippen molar-refractivity contribution in [3.63, 3.8) is 0 Å². The molecule has 88 valence electrons. The first kappa shape index (κ1) is 12.1. The van der Waals surface area contributed by atoms with Crippen LogP contribution in [0.5, 0.6) is 0 Å². The van der Waals surface area contributed by atoms with Crippen molar-refractivity contribution in [2.45, 2.75) is 44.1 Å². The van der Waals surface area contributed by atoms with Crippen LogP contribution < -0.4 is 0 Å². The fraction of sp³-hybridized carbons (Fsp3) is 1.00. The first-order chi connectivity index (χ1) is 7.35. The van der Waals surface area contributed by atoms with Gasteiger partial charge in [0.25, 0.3) is 0 Å². The van der Waals surface area contributed by atoms with Crippen molar-refractivity contribution in [2.75, 3.05) is 24.2 Å². The minimum Gasteiger partial charge on any atom is -0.379 e. The molecule has 0 aromatic rings. The number of halogens is 1. The molecule has 0 saturated heterocycles. The molecule has 0 aromatic carbocycles. The monoisotopic (exact) mass is 324 g/mol. The molecule has 3 heteroatoms. The van der Waals surface area contributed by atoms with Crippen LogP contribution in [0.4, 0.5) is 0 Å². The predicted octanol–water partition coefficient (Wildman–Crippen LogP) is 3.18. The second kappa shape index (κ2) is 5.82. The van der Waals surface area contributed by atoms with E-state index in [-0.39, 0.29) is 5.60 Å². The van der Waals surface area contributed by atoms with Crippen molar-refractivity contribution >= 4 is 22.6 Å². The van der Waals surface area contributed by atoms with Gasteiger partial charge in [0.15, 0.2) is 0 Å². The molecule has 0 atom stereocenters. The van der Waals surface area contributed by atoms with Gasteiger partial charge in [-0.3, -0.25) is 0 Å². The summed E-state index contributed by atoms with van der Waals surface area (Å²) < 4.78 is 12.7. The fourth-order valence-corrected chi connectivity index (χ4v) is 3.17. The smallest absolute Gasteiger partial charge is 0.0772 e. The van der Waals surface area contributed by atoms with Gasteiger partial charge >= 0.3 is 0 Å². The lowest BCUT2D eigenvalue weighted by molar-refractivity contribution is -0.0487. The van der Waals surface area contributed by atoms with Crippen LogP contribution in [0.25, 0.3) is 0 Å². The van der Waals surface area contributed by atoms with Crippen LogP contribution in [0.15, 0.2) is 0 Å². The maximum atomic E-state index is 6.01. The molecule has 2 rings (SSSR count). The molecule has 0 radical (unpaired) electrons. The molecule has 2 fully saturated rings. The van der Waals surface area contributed by atoms with E-state index < -0.39 is 0 Å². The van der Waals surface area contributed by atoms with E-state index in [1.54, 1.807) is 0 Å². The Labute approximate surface area is 106 Å². The summed E-state index contributed by atoms with van der Waals surface area (Å²) in [7, 11) is 0. The summed E-state index contributed by atoms with van der Waals surface area (Å²) in [4.78, 5) is 0. The molecular weight excluding hydrogens is 303 g/mol. The third kappa shape index (κ3) is 3.86. The van der Waals surface area contributed by atoms with Gasteiger partial charge in [-0.05, 0) is 31.6 Å². The van der Waals surface area contributed by atoms with E-state index in [4.69, 9.17) is 9.47 Å². The van der Waals surface area contributed by atoms with Crippen molar-refractivity contribution < 1.29 is 9.47 Å². The van der Waals surface area contributed by atoms with Gasteiger partial charge < -0.3 is 9.47 Å². The Morgan fingerprint density at radius 3 is 2.47 bits per heavy atom. The SMILES string of the molecule is ICC1(OCCOCC2CC2)CCCC1. The number of hydrogen-bond acceptors (Lipinski definition) is 2. The lowest BCUT2D eigenvalue weighted by Gasteiger charge is -2.27. The molecule has 2 aliphatic rings. The lowest BCUT2D eigenvalue weighted by Crippen LogP contribution is -2.32. The molecule has 2 nitrogen and oxygen atoms in total. The van der Waals surface area contributed by atoms with E-state index in [1.807, 2.05) is 0 Å². The highest BCUT2D eigenvalue weighted by Crippen LogP contribution is 2.34. The molecule has 0 aromatic heterocycles. The molecule has 15 heavy (non-hydrogen) atoms. The first-order valence-corrected chi connectivity index (χ1v) is 7.65. The average molecular weight is 324 g/mol. The summed E-state index contributed by atoms with van der Waals surface area (Å²) in [5, 5.41) is 0. The molecule has 2 aliphatic carbocycles. The average Bonchev–Trinajstić information content (AvgIpc) is 2.96. The Balaban J connectivity index is 1.54. The second-order valence-electron chi connectivity index (χ2n) is 4.89. The molecular formula is C12H21IO2. The Bertz CT molecular complexity index is 186. The van der Waals surface area contributed by atoms with Crippen LogP contribution in [0.1, 0.15) is 38.5 Å². The van der Waals surface area contributed by atoms with Gasteiger partial charge in [-0.15, -0.1) is 0 Å². The minimum atomic E-state index is 0.198. The number of hydrogen-bond donors (Lipinski definition) is 0. The summed E-state index contributed by atoms with van der Waals surface area (Å²) in [5.41, 5.74) is 0.198. The topological polar surface area (TPSA) is 18.5 Å². The van der Waals surface area contributed by atoms with E-state index in [0.717, 1.165) is 30.2 Å². The normalized spacial score (nSPS) is 24.6. The van der Waals surface area contributed by atoms with Crippen molar-refractivity contribution in [3.05, 3.63) is 0 Å². The fourth-order valence-electron chi connectivity index (χ4n) is 2.19. The van der Waals surface area contributed by atoms with E-state index in [1.165, 1.54) is 38.5 Å². The molecule has 0 bridgehead atoms. The molecule has 0 N–H and O–H groups in total. The molecule has 0 unspecified atom stereocenters. The van der Waals surface area contributed by atoms with Crippen LogP contribution in [0.2, 0.25) is 0 Å². The third-order valence-corrected chi connectivity index (χ3v) is 4.83. The number of ether oxygens (including phenoxy) is 2. The largest absolute Gasteiger partial charge is 0.379 e. The van der Waals surface area contributed by atoms with Crippen molar-refractivity contribution in [3.8, 4) is 0 Å². The third-order valence-electron chi connectivity index (χ3n) is 3.44. The molecule has 0 spiro atoms. The number of alkyl halides is 1. The highest BCUT2D eigenvalue weighted by Gasteiger charge is 2.33. The number of rotatable bonds is 7. The Hall–Kier alpha value is 0.650. The maximum absolute atomic E-state index is 6.01. The van der Waals surface area contributed by atoms with Crippen LogP contribution in [0, 0.1) is 5.92 Å². The van der Waals surface area contributed by atoms with Crippen molar-refractivity contribution in [1.29, 1.82) is 0 Å². The summed E-state index contributed by atoms with van der Waals surface area (Å²) in [6, 6.07) is 0. The summed E-state index contributed by atoms with van der Waals surface area (Å²) in [5.74, 6) is 0.870. The second-order valence-corrected chi connectivity index (χ2v) is 5.65. The zero-order valence-electron chi connectivity index (χ0n) is 9.34. The summed E-state index contributed by atoms with van der Waals surface area (Å²) >= 11 is 2.46. The lowest BCUT2D eigenvalue weighted by atomic mass is 10.1. The van der Waals surface area contributed by atoms with Crippen LogP contribution in [-0.4, -0.2) is 29.8 Å². The Morgan fingerprint density at radius 2 is 1.87 bits per heavy atom. The van der Waals surface area contributed by atoms with Gasteiger partial charge in [0.05, 0.1) is 18.8 Å². The van der Waals surface area contributed by atoms with Gasteiger partial charge in [-0.1, -0.05) is 35.4 Å². The predicted molar refractivity (Wildman–Crippen MR) is 69.6 cm³/mol. The molecule has 0 aliphatic heterocycles. The minimum absolute atomic E-state index is 0.198. The maximum Gasteiger partial charge on any atom is 0.0772 e. The highest BCUT2D eigenvalue weighted by molar-refractivity contribution is 14.1. The van der Waals surface area contributed by atoms with E-state index in [2.05, 4.69) is 22.6 Å². The standard InChI is InChI=1S/C12H21IO2/c13-10-12(5-1-2-6-12)15-8-7-14-9-11-3-4-11/h11H,1-10H2. The summed E-state index contributed by atoms with van der Waals surface area (Å²) in [6.45, 7) is 2.53. The molecule has 0 amide bonds. The van der Waals surface area contributed by atoms with Gasteiger partial charge in [-0.2, -0.15) is 0 Å². The zero-order chi connectivity index (χ0) is 10.6. The van der Waals surface area contributed by atoms with Crippen molar-refractivity contribution in [2.24, 2.45) is 5.92 Å².